The van der Waals surface area contributed by atoms with Gasteiger partial charge in [-0.2, -0.15) is 26.3 Å². The third-order valence-corrected chi connectivity index (χ3v) is 5.94. The summed E-state index contributed by atoms with van der Waals surface area (Å²) >= 11 is 0. The van der Waals surface area contributed by atoms with E-state index < -0.39 is 59.3 Å². The molecule has 0 spiro atoms. The minimum atomic E-state index is -4.93. The fourth-order valence-corrected chi connectivity index (χ4v) is 3.91. The number of rotatable bonds is 5. The van der Waals surface area contributed by atoms with Crippen molar-refractivity contribution in [1.82, 2.24) is 9.97 Å². The first-order valence-corrected chi connectivity index (χ1v) is 10.0. The van der Waals surface area contributed by atoms with Gasteiger partial charge in [0, 0.05) is 29.3 Å². The Morgan fingerprint density at radius 3 is 2.37 bits per heavy atom. The monoisotopic (exact) mass is 506 g/mol. The molecule has 0 radical (unpaired) electrons. The van der Waals surface area contributed by atoms with Gasteiger partial charge in [-0.15, -0.1) is 0 Å². The minimum Gasteiger partial charge on any atom is -0.481 e. The molecule has 2 amide bonds. The lowest BCUT2D eigenvalue weighted by atomic mass is 9.77. The predicted molar refractivity (Wildman–Crippen MR) is 108 cm³/mol. The van der Waals surface area contributed by atoms with E-state index in [0.717, 1.165) is 32.4 Å². The van der Waals surface area contributed by atoms with E-state index in [4.69, 9.17) is 15.2 Å². The van der Waals surface area contributed by atoms with Gasteiger partial charge in [-0.05, 0) is 25.1 Å². The van der Waals surface area contributed by atoms with Crippen molar-refractivity contribution in [2.24, 2.45) is 11.7 Å². The second-order valence-corrected chi connectivity index (χ2v) is 8.03. The van der Waals surface area contributed by atoms with Crippen LogP contribution < -0.4 is 15.8 Å². The number of nitrogens with one attached hydrogen (secondary N) is 1. The summed E-state index contributed by atoms with van der Waals surface area (Å²) in [6.07, 6.45) is -10.4. The zero-order valence-corrected chi connectivity index (χ0v) is 18.5. The second kappa shape index (κ2) is 8.98. The molecule has 2 aromatic rings. The maximum absolute atomic E-state index is 14.0. The molecule has 190 valence electrons. The number of amides is 2. The highest BCUT2D eigenvalue weighted by atomic mass is 19.4. The number of pyridine rings is 2. The molecule has 0 aromatic carbocycles. The summed E-state index contributed by atoms with van der Waals surface area (Å²) in [5.41, 5.74) is 0.602. The average Bonchev–Trinajstić information content (AvgIpc) is 3.04. The zero-order valence-electron chi connectivity index (χ0n) is 18.5. The molecule has 35 heavy (non-hydrogen) atoms. The fraction of sp³-hybridized carbons (Fsp3) is 0.429. The third-order valence-electron chi connectivity index (χ3n) is 5.94. The highest BCUT2D eigenvalue weighted by Crippen LogP contribution is 2.54. The van der Waals surface area contributed by atoms with E-state index in [-0.39, 0.29) is 16.9 Å². The minimum absolute atomic E-state index is 0.00748. The number of alkyl halides is 6. The van der Waals surface area contributed by atoms with Gasteiger partial charge in [0.1, 0.15) is 17.5 Å². The Morgan fingerprint density at radius 2 is 1.83 bits per heavy atom. The predicted octanol–water partition coefficient (Wildman–Crippen LogP) is 3.68. The molecule has 0 bridgehead atoms. The molecule has 14 heteroatoms. The Morgan fingerprint density at radius 1 is 1.17 bits per heavy atom. The zero-order chi connectivity index (χ0) is 26.3. The van der Waals surface area contributed by atoms with Crippen LogP contribution in [0.2, 0.25) is 0 Å². The SMILES string of the molecule is COc1nc(C(F)(F)F)ccc1[C@@H]1[C@@H](C)[C@](C)(C(F)(F)F)O[C@H]1C(=O)Nc1ccnc(C(N)=O)c1. The van der Waals surface area contributed by atoms with Crippen molar-refractivity contribution in [3.8, 4) is 5.88 Å². The van der Waals surface area contributed by atoms with Gasteiger partial charge in [-0.25, -0.2) is 4.98 Å². The number of hydrogen-bond acceptors (Lipinski definition) is 6. The van der Waals surface area contributed by atoms with Gasteiger partial charge in [0.25, 0.3) is 11.8 Å². The van der Waals surface area contributed by atoms with Gasteiger partial charge in [-0.3, -0.25) is 14.6 Å². The van der Waals surface area contributed by atoms with Crippen molar-refractivity contribution >= 4 is 17.5 Å². The van der Waals surface area contributed by atoms with Crippen LogP contribution >= 0.6 is 0 Å². The van der Waals surface area contributed by atoms with Crippen LogP contribution in [0.4, 0.5) is 32.0 Å². The number of primary amides is 1. The lowest BCUT2D eigenvalue weighted by Crippen LogP contribution is -2.47. The van der Waals surface area contributed by atoms with Crippen LogP contribution in [0.1, 0.15) is 41.5 Å². The number of carbonyl (C=O) groups is 2. The van der Waals surface area contributed by atoms with E-state index in [1.807, 2.05) is 0 Å². The molecule has 1 saturated heterocycles. The van der Waals surface area contributed by atoms with Crippen molar-refractivity contribution < 1.29 is 45.4 Å². The van der Waals surface area contributed by atoms with Gasteiger partial charge >= 0.3 is 12.4 Å². The van der Waals surface area contributed by atoms with Gasteiger partial charge in [0.15, 0.2) is 5.60 Å². The molecular formula is C21H20F6N4O4. The van der Waals surface area contributed by atoms with Crippen LogP contribution in [0.3, 0.4) is 0 Å². The van der Waals surface area contributed by atoms with Crippen LogP contribution in [-0.2, 0) is 15.7 Å². The summed E-state index contributed by atoms with van der Waals surface area (Å²) in [5.74, 6) is -5.38. The van der Waals surface area contributed by atoms with Crippen LogP contribution in [0, 0.1) is 5.92 Å². The Labute approximate surface area is 194 Å². The molecule has 3 N–H and O–H groups in total. The van der Waals surface area contributed by atoms with E-state index in [9.17, 15) is 35.9 Å². The number of nitrogens with two attached hydrogens (primary N) is 1. The van der Waals surface area contributed by atoms with Crippen molar-refractivity contribution in [3.63, 3.8) is 0 Å². The number of halogens is 6. The molecular weight excluding hydrogens is 486 g/mol. The molecule has 0 saturated carbocycles. The van der Waals surface area contributed by atoms with Crippen molar-refractivity contribution in [1.29, 1.82) is 0 Å². The summed E-state index contributed by atoms with van der Waals surface area (Å²) in [4.78, 5) is 31.5. The summed E-state index contributed by atoms with van der Waals surface area (Å²) in [5, 5.41) is 2.34. The first kappa shape index (κ1) is 26.2. The highest BCUT2D eigenvalue weighted by molar-refractivity contribution is 5.97. The Hall–Kier alpha value is -3.42. The summed E-state index contributed by atoms with van der Waals surface area (Å²) in [6.45, 7) is 1.92. The largest absolute Gasteiger partial charge is 0.481 e. The Balaban J connectivity index is 2.07. The molecule has 8 nitrogen and oxygen atoms in total. The Kier molecular flexibility index (Phi) is 6.72. The first-order chi connectivity index (χ1) is 16.1. The first-order valence-electron chi connectivity index (χ1n) is 10.0. The molecule has 1 aliphatic rings. The maximum Gasteiger partial charge on any atom is 0.433 e. The van der Waals surface area contributed by atoms with E-state index in [1.165, 1.54) is 13.0 Å². The lowest BCUT2D eigenvalue weighted by Gasteiger charge is -2.31. The standard InChI is InChI=1S/C21H20F6N4O4/c1-9-14(11-4-5-13(20(22,23)24)31-18(11)34-3)15(35-19(9,2)21(25,26)27)17(33)30-10-6-7-29-12(8-10)16(28)32/h4-9,14-15H,1-3H3,(H2,28,32)(H,29,30,33)/t9-,14+,15-,19-/m1/s1. The van der Waals surface area contributed by atoms with E-state index in [1.54, 1.807) is 0 Å². The molecule has 1 aliphatic heterocycles. The lowest BCUT2D eigenvalue weighted by molar-refractivity contribution is -0.272. The number of aromatic nitrogens is 2. The molecule has 2 aromatic heterocycles. The van der Waals surface area contributed by atoms with E-state index >= 15 is 0 Å². The quantitative estimate of drug-likeness (QED) is 0.598. The number of methoxy groups -OCH3 is 1. The summed E-state index contributed by atoms with van der Waals surface area (Å²) in [6, 6.07) is 3.88. The van der Waals surface area contributed by atoms with Crippen molar-refractivity contribution in [2.75, 3.05) is 12.4 Å². The Bertz CT molecular complexity index is 1140. The van der Waals surface area contributed by atoms with Crippen LogP contribution in [0.25, 0.3) is 0 Å². The van der Waals surface area contributed by atoms with Gasteiger partial charge < -0.3 is 20.5 Å². The molecule has 0 aliphatic carbocycles. The molecule has 4 atom stereocenters. The molecule has 3 heterocycles. The van der Waals surface area contributed by atoms with Crippen molar-refractivity contribution in [2.45, 2.75) is 43.8 Å². The second-order valence-electron chi connectivity index (χ2n) is 8.03. The van der Waals surface area contributed by atoms with Gasteiger partial charge in [-0.1, -0.05) is 13.0 Å². The fourth-order valence-electron chi connectivity index (χ4n) is 3.91. The van der Waals surface area contributed by atoms with E-state index in [2.05, 4.69) is 15.3 Å². The normalized spacial score (nSPS) is 24.8. The number of ether oxygens (including phenoxy) is 2. The third kappa shape index (κ3) is 4.88. The number of nitrogens with zero attached hydrogens (tertiary/aromatic N) is 2. The molecule has 0 unspecified atom stereocenters. The van der Waals surface area contributed by atoms with Crippen LogP contribution in [0.5, 0.6) is 5.88 Å². The van der Waals surface area contributed by atoms with E-state index in [0.29, 0.717) is 6.07 Å². The number of anilines is 1. The number of carbonyl (C=O) groups excluding carboxylic acids is 2. The average molecular weight is 506 g/mol. The van der Waals surface area contributed by atoms with Crippen LogP contribution in [-0.4, -0.2) is 46.8 Å². The summed E-state index contributed by atoms with van der Waals surface area (Å²) in [7, 11) is 1.01. The van der Waals surface area contributed by atoms with Crippen molar-refractivity contribution in [3.05, 3.63) is 47.4 Å². The molecule has 3 rings (SSSR count). The van der Waals surface area contributed by atoms with Gasteiger partial charge in [0.2, 0.25) is 5.88 Å². The smallest absolute Gasteiger partial charge is 0.433 e. The highest BCUT2D eigenvalue weighted by Gasteiger charge is 2.66. The molecule has 1 fully saturated rings. The summed E-state index contributed by atoms with van der Waals surface area (Å²) < 4.78 is 91.5. The topological polar surface area (TPSA) is 116 Å². The van der Waals surface area contributed by atoms with Gasteiger partial charge in [0.05, 0.1) is 7.11 Å². The number of hydrogen-bond donors (Lipinski definition) is 2. The maximum atomic E-state index is 14.0. The van der Waals surface area contributed by atoms with Crippen LogP contribution in [0.15, 0.2) is 30.5 Å².